The lowest BCUT2D eigenvalue weighted by Crippen LogP contribution is -2.02. The van der Waals surface area contributed by atoms with Gasteiger partial charge in [0.1, 0.15) is 0 Å². The maximum Gasteiger partial charge on any atom is 0.171 e. The molecule has 186 valence electrons. The first-order valence-corrected chi connectivity index (χ1v) is 17.6. The van der Waals surface area contributed by atoms with Gasteiger partial charge in [-0.05, 0) is 35.0 Å². The smallest absolute Gasteiger partial charge is 0.171 e. The summed E-state index contributed by atoms with van der Waals surface area (Å²) >= 11 is 12.0. The second-order valence-corrected chi connectivity index (χ2v) is 16.7. The van der Waals surface area contributed by atoms with Gasteiger partial charge in [-0.15, -0.1) is 90.7 Å². The van der Waals surface area contributed by atoms with Crippen LogP contribution in [0.2, 0.25) is 0 Å². The molecule has 1 aromatic carbocycles. The Morgan fingerprint density at radius 2 is 0.763 bits per heavy atom. The molecule has 8 heterocycles. The van der Waals surface area contributed by atoms with Crippen LogP contribution in [-0.4, -0.2) is 0 Å². The van der Waals surface area contributed by atoms with Gasteiger partial charge in [-0.1, -0.05) is 0 Å². The van der Waals surface area contributed by atoms with E-state index in [-0.39, 0.29) is 9.75 Å². The molecule has 0 atom stereocenters. The van der Waals surface area contributed by atoms with Crippen LogP contribution in [0.25, 0.3) is 77.3 Å². The molecule has 0 bridgehead atoms. The zero-order valence-electron chi connectivity index (χ0n) is 18.2. The summed E-state index contributed by atoms with van der Waals surface area (Å²) in [6, 6.07) is 7.41. The maximum atomic E-state index is 15.5. The monoisotopic (exact) mass is 650 g/mol. The Morgan fingerprint density at radius 1 is 0.395 bits per heavy atom. The Labute approximate surface area is 241 Å². The molecule has 0 aliphatic heterocycles. The lowest BCUT2D eigenvalue weighted by atomic mass is 10.1. The summed E-state index contributed by atoms with van der Waals surface area (Å²) < 4.78 is 74.7. The highest BCUT2D eigenvalue weighted by Gasteiger charge is 2.30. The van der Waals surface area contributed by atoms with Gasteiger partial charge in [0.05, 0.1) is 48.7 Å². The van der Waals surface area contributed by atoms with Gasteiger partial charge >= 0.3 is 0 Å². The minimum Gasteiger partial charge on any atom is -0.203 e. The van der Waals surface area contributed by atoms with Crippen molar-refractivity contribution in [1.82, 2.24) is 0 Å². The number of hydrogen-bond donors (Lipinski definition) is 0. The Balaban J connectivity index is 1.22. The van der Waals surface area contributed by atoms with E-state index in [1.165, 1.54) is 41.5 Å². The predicted molar refractivity (Wildman–Crippen MR) is 165 cm³/mol. The van der Waals surface area contributed by atoms with E-state index in [1.807, 2.05) is 10.8 Å². The fourth-order valence-electron chi connectivity index (χ4n) is 4.84. The van der Waals surface area contributed by atoms with Crippen molar-refractivity contribution in [2.24, 2.45) is 0 Å². The highest BCUT2D eigenvalue weighted by atomic mass is 32.1. The van der Waals surface area contributed by atoms with Crippen molar-refractivity contribution in [2.45, 2.75) is 0 Å². The summed E-state index contributed by atoms with van der Waals surface area (Å²) in [5, 5.41) is 4.08. The van der Waals surface area contributed by atoms with Crippen LogP contribution < -0.4 is 0 Å². The van der Waals surface area contributed by atoms with Crippen molar-refractivity contribution in [2.75, 3.05) is 0 Å². The molecule has 0 unspecified atom stereocenters. The Morgan fingerprint density at radius 3 is 1.18 bits per heavy atom. The minimum atomic E-state index is -1.35. The largest absolute Gasteiger partial charge is 0.203 e. The third-order valence-electron chi connectivity index (χ3n) is 6.50. The molecule has 8 aromatic heterocycles. The van der Waals surface area contributed by atoms with Gasteiger partial charge in [-0.3, -0.25) is 0 Å². The first-order valence-electron chi connectivity index (χ1n) is 11.0. The highest BCUT2D eigenvalue weighted by molar-refractivity contribution is 7.45. The van der Waals surface area contributed by atoms with Crippen molar-refractivity contribution in [3.05, 3.63) is 58.3 Å². The van der Waals surface area contributed by atoms with Crippen LogP contribution in [0.15, 0.2) is 35.0 Å². The molecule has 0 saturated carbocycles. The Bertz CT molecular complexity index is 2210. The normalized spacial score (nSPS) is 12.7. The van der Waals surface area contributed by atoms with E-state index in [2.05, 4.69) is 12.1 Å². The minimum absolute atomic E-state index is 0.191. The average molecular weight is 651 g/mol. The van der Waals surface area contributed by atoms with Gasteiger partial charge in [-0.25, -0.2) is 17.6 Å². The molecule has 0 amide bonds. The summed E-state index contributed by atoms with van der Waals surface area (Å²) in [6.07, 6.45) is 0. The highest BCUT2D eigenvalue weighted by Crippen LogP contribution is 2.53. The summed E-state index contributed by atoms with van der Waals surface area (Å²) in [5.41, 5.74) is -1.27. The second-order valence-electron chi connectivity index (χ2n) is 8.57. The third-order valence-corrected chi connectivity index (χ3v) is 16.6. The Hall–Kier alpha value is -1.90. The standard InChI is InChI=1S/C26H6F4S8/c27-15-13(9-5-11-21(35-9)25-23(37-11)19-7(33-25)1-3-31-19)16(28)18(30)14(17(15)29)10-6-12-22(36-10)26-24(38-12)20-8(34-26)2-4-32-20/h1-6H. The molecule has 12 heteroatoms. The molecule has 0 saturated heterocycles. The fourth-order valence-corrected chi connectivity index (χ4v) is 15.7. The number of benzene rings is 1. The molecule has 0 spiro atoms. The van der Waals surface area contributed by atoms with Crippen LogP contribution >= 0.6 is 90.7 Å². The van der Waals surface area contributed by atoms with E-state index < -0.39 is 34.4 Å². The zero-order valence-corrected chi connectivity index (χ0v) is 24.8. The fraction of sp³-hybridized carbons (Fsp3) is 0. The van der Waals surface area contributed by atoms with Crippen LogP contribution in [0, 0.1) is 23.3 Å². The average Bonchev–Trinajstić information content (AvgIpc) is 3.68. The molecule has 9 rings (SSSR count). The van der Waals surface area contributed by atoms with Crippen LogP contribution in [0.4, 0.5) is 17.6 Å². The molecule has 0 nitrogen and oxygen atoms in total. The number of thiophene rings is 8. The molecule has 38 heavy (non-hydrogen) atoms. The maximum absolute atomic E-state index is 15.5. The van der Waals surface area contributed by atoms with E-state index >= 15 is 17.6 Å². The van der Waals surface area contributed by atoms with E-state index in [9.17, 15) is 0 Å². The number of halogens is 4. The molecule has 0 aliphatic carbocycles. The summed E-state index contributed by atoms with van der Waals surface area (Å²) in [7, 11) is 0. The third kappa shape index (κ3) is 2.87. The van der Waals surface area contributed by atoms with Crippen molar-refractivity contribution in [3.63, 3.8) is 0 Å². The SMILES string of the molecule is Fc1c(F)c(-c2cc3sc4c5sccc5sc4c3s2)c(F)c(F)c1-c1cc2sc3c4sccc4sc3c2s1. The molecule has 0 radical (unpaired) electrons. The lowest BCUT2D eigenvalue weighted by Gasteiger charge is -2.10. The van der Waals surface area contributed by atoms with Gasteiger partial charge in [0, 0.05) is 28.6 Å². The number of fused-ring (bicyclic) bond motifs is 10. The van der Waals surface area contributed by atoms with E-state index in [0.717, 1.165) is 37.6 Å². The molecule has 0 aliphatic rings. The topological polar surface area (TPSA) is 0 Å². The van der Waals surface area contributed by atoms with Crippen LogP contribution in [0.3, 0.4) is 0 Å². The summed E-state index contributed by atoms with van der Waals surface area (Å²) in [4.78, 5) is 0.383. The van der Waals surface area contributed by atoms with Crippen molar-refractivity contribution in [3.8, 4) is 20.9 Å². The van der Waals surface area contributed by atoms with Crippen molar-refractivity contribution >= 4 is 147 Å². The van der Waals surface area contributed by atoms with Gasteiger partial charge in [0.2, 0.25) is 0 Å². The molecular weight excluding hydrogens is 645 g/mol. The Kier molecular flexibility index (Phi) is 4.73. The van der Waals surface area contributed by atoms with Crippen molar-refractivity contribution in [1.29, 1.82) is 0 Å². The van der Waals surface area contributed by atoms with Gasteiger partial charge in [0.15, 0.2) is 23.3 Å². The van der Waals surface area contributed by atoms with Gasteiger partial charge in [0.25, 0.3) is 0 Å². The summed E-state index contributed by atoms with van der Waals surface area (Å²) in [5.74, 6) is -5.41. The van der Waals surface area contributed by atoms with E-state index in [0.29, 0.717) is 0 Å². The van der Waals surface area contributed by atoms with Gasteiger partial charge < -0.3 is 0 Å². The van der Waals surface area contributed by atoms with E-state index in [4.69, 9.17) is 0 Å². The van der Waals surface area contributed by atoms with Gasteiger partial charge in [-0.2, -0.15) is 0 Å². The molecule has 9 aromatic rings. The zero-order chi connectivity index (χ0) is 25.4. The van der Waals surface area contributed by atoms with Crippen LogP contribution in [0.5, 0.6) is 0 Å². The quantitative estimate of drug-likeness (QED) is 0.129. The second kappa shape index (κ2) is 7.85. The van der Waals surface area contributed by atoms with Crippen molar-refractivity contribution < 1.29 is 17.6 Å². The first-order chi connectivity index (χ1) is 18.5. The number of hydrogen-bond acceptors (Lipinski definition) is 8. The molecular formula is C26H6F4S8. The van der Waals surface area contributed by atoms with Crippen LogP contribution in [-0.2, 0) is 0 Å². The number of rotatable bonds is 2. The van der Waals surface area contributed by atoms with Crippen LogP contribution in [0.1, 0.15) is 0 Å². The summed E-state index contributed by atoms with van der Waals surface area (Å²) in [6.45, 7) is 0. The molecule has 0 N–H and O–H groups in total. The van der Waals surface area contributed by atoms with E-state index in [1.54, 1.807) is 80.2 Å². The first kappa shape index (κ1) is 22.9. The molecule has 0 fully saturated rings. The predicted octanol–water partition coefficient (Wildman–Crippen LogP) is 13.0. The lowest BCUT2D eigenvalue weighted by molar-refractivity contribution is 0.463.